The fraction of sp³-hybridized carbons (Fsp3) is 0.154. The van der Waals surface area contributed by atoms with Crippen molar-refractivity contribution in [3.63, 3.8) is 0 Å². The van der Waals surface area contributed by atoms with E-state index in [4.69, 9.17) is 10.8 Å². The summed E-state index contributed by atoms with van der Waals surface area (Å²) in [6.45, 7) is -0.671. The summed E-state index contributed by atoms with van der Waals surface area (Å²) >= 11 is 0. The summed E-state index contributed by atoms with van der Waals surface area (Å²) in [6.07, 6.45) is 1.39. The first-order valence-electron chi connectivity index (χ1n) is 6.04. The molecule has 1 amide bonds. The third-order valence-electron chi connectivity index (χ3n) is 2.76. The number of nitrogens with two attached hydrogens (primary N) is 1. The van der Waals surface area contributed by atoms with Crippen molar-refractivity contribution in [2.45, 2.75) is 0 Å². The van der Waals surface area contributed by atoms with E-state index in [1.165, 1.54) is 24.4 Å². The Hall–Kier alpha value is -2.90. The van der Waals surface area contributed by atoms with E-state index in [0.29, 0.717) is 16.5 Å². The highest BCUT2D eigenvalue weighted by Gasteiger charge is 2.11. The average Bonchev–Trinajstić information content (AvgIpc) is 2.46. The van der Waals surface area contributed by atoms with Crippen molar-refractivity contribution in [2.24, 2.45) is 0 Å². The van der Waals surface area contributed by atoms with Crippen LogP contribution in [0.2, 0.25) is 0 Å². The first-order valence-corrected chi connectivity index (χ1v) is 6.04. The fourth-order valence-electron chi connectivity index (χ4n) is 1.82. The minimum atomic E-state index is -1.14. The number of hydrogen-bond donors (Lipinski definition) is 4. The molecular weight excluding hydrogens is 279 g/mol. The molecule has 7 nitrogen and oxygen atoms in total. The van der Waals surface area contributed by atoms with Crippen LogP contribution in [0.25, 0.3) is 10.8 Å². The largest absolute Gasteiger partial charge is 0.480 e. The van der Waals surface area contributed by atoms with Crippen molar-refractivity contribution in [2.75, 3.05) is 24.1 Å². The normalized spacial score (nSPS) is 10.3. The standard InChI is InChI=1S/C13H13FN4O3/c14-8-1-2-9(15)12-7(8)3-4-16-13(12)18-5-10(19)17-6-11(20)21/h1-4H,5-6,15H2,(H,16,18)(H,17,19)(H,20,21). The Morgan fingerprint density at radius 2 is 2.05 bits per heavy atom. The van der Waals surface area contributed by atoms with Crippen LogP contribution in [-0.4, -0.2) is 35.1 Å². The van der Waals surface area contributed by atoms with Gasteiger partial charge in [0.2, 0.25) is 5.91 Å². The number of carbonyl (C=O) groups excluding carboxylic acids is 1. The van der Waals surface area contributed by atoms with Crippen LogP contribution in [0.4, 0.5) is 15.9 Å². The maximum absolute atomic E-state index is 13.7. The number of amides is 1. The summed E-state index contributed by atoms with van der Waals surface area (Å²) in [4.78, 5) is 25.8. The molecule has 5 N–H and O–H groups in total. The Balaban J connectivity index is 2.18. The van der Waals surface area contributed by atoms with Gasteiger partial charge in [0, 0.05) is 17.3 Å². The van der Waals surface area contributed by atoms with E-state index in [-0.39, 0.29) is 12.4 Å². The number of carboxylic acids is 1. The van der Waals surface area contributed by atoms with Crippen LogP contribution >= 0.6 is 0 Å². The summed E-state index contributed by atoms with van der Waals surface area (Å²) in [7, 11) is 0. The number of carboxylic acid groups (broad SMARTS) is 1. The highest BCUT2D eigenvalue weighted by atomic mass is 19.1. The molecular formula is C13H13FN4O3. The summed E-state index contributed by atoms with van der Waals surface area (Å²) in [5, 5.41) is 14.0. The molecule has 0 aliphatic heterocycles. The Bertz CT molecular complexity index is 705. The zero-order chi connectivity index (χ0) is 15.4. The first kappa shape index (κ1) is 14.5. The van der Waals surface area contributed by atoms with E-state index >= 15 is 0 Å². The molecule has 1 aromatic heterocycles. The predicted octanol–water partition coefficient (Wildman–Crippen LogP) is 0.569. The van der Waals surface area contributed by atoms with Gasteiger partial charge in [-0.3, -0.25) is 9.59 Å². The molecule has 0 bridgehead atoms. The summed E-state index contributed by atoms with van der Waals surface area (Å²) in [5.74, 6) is -1.85. The number of nitrogens with one attached hydrogen (secondary N) is 2. The lowest BCUT2D eigenvalue weighted by Gasteiger charge is -2.10. The number of pyridine rings is 1. The van der Waals surface area contributed by atoms with Gasteiger partial charge in [-0.15, -0.1) is 0 Å². The van der Waals surface area contributed by atoms with Gasteiger partial charge in [-0.1, -0.05) is 0 Å². The van der Waals surface area contributed by atoms with Gasteiger partial charge in [-0.2, -0.15) is 0 Å². The molecule has 0 spiro atoms. The minimum Gasteiger partial charge on any atom is -0.480 e. The second-order valence-electron chi connectivity index (χ2n) is 4.24. The van der Waals surface area contributed by atoms with Crippen LogP contribution in [0.15, 0.2) is 24.4 Å². The summed E-state index contributed by atoms with van der Waals surface area (Å²) in [5.41, 5.74) is 6.13. The van der Waals surface area contributed by atoms with Crippen molar-refractivity contribution < 1.29 is 19.1 Å². The van der Waals surface area contributed by atoms with Crippen LogP contribution in [0, 0.1) is 5.82 Å². The number of benzene rings is 1. The Labute approximate surface area is 119 Å². The molecule has 2 rings (SSSR count). The van der Waals surface area contributed by atoms with Gasteiger partial charge >= 0.3 is 5.97 Å². The van der Waals surface area contributed by atoms with E-state index in [1.54, 1.807) is 0 Å². The van der Waals surface area contributed by atoms with Gasteiger partial charge in [0.1, 0.15) is 18.2 Å². The lowest BCUT2D eigenvalue weighted by molar-refractivity contribution is -0.137. The molecule has 0 aliphatic rings. The van der Waals surface area contributed by atoms with Crippen molar-refractivity contribution in [3.05, 3.63) is 30.2 Å². The van der Waals surface area contributed by atoms with E-state index in [2.05, 4.69) is 15.6 Å². The van der Waals surface area contributed by atoms with Crippen LogP contribution in [0.5, 0.6) is 0 Å². The number of nitrogen functional groups attached to an aromatic ring is 1. The third kappa shape index (κ3) is 3.35. The summed E-state index contributed by atoms with van der Waals surface area (Å²) < 4.78 is 13.7. The highest BCUT2D eigenvalue weighted by Crippen LogP contribution is 2.28. The number of carbonyl (C=O) groups is 2. The summed E-state index contributed by atoms with van der Waals surface area (Å²) in [6, 6.07) is 4.15. The van der Waals surface area contributed by atoms with E-state index < -0.39 is 24.2 Å². The molecule has 1 aromatic carbocycles. The average molecular weight is 292 g/mol. The lowest BCUT2D eigenvalue weighted by Crippen LogP contribution is -2.34. The number of aromatic nitrogens is 1. The number of rotatable bonds is 5. The molecule has 0 fully saturated rings. The van der Waals surface area contributed by atoms with Gasteiger partial charge in [0.05, 0.1) is 11.9 Å². The molecule has 0 unspecified atom stereocenters. The zero-order valence-corrected chi connectivity index (χ0v) is 10.9. The lowest BCUT2D eigenvalue weighted by atomic mass is 10.1. The van der Waals surface area contributed by atoms with Crippen LogP contribution in [0.3, 0.4) is 0 Å². The van der Waals surface area contributed by atoms with E-state index in [9.17, 15) is 14.0 Å². The molecule has 0 radical (unpaired) electrons. The zero-order valence-electron chi connectivity index (χ0n) is 10.9. The molecule has 0 saturated carbocycles. The minimum absolute atomic E-state index is 0.199. The monoisotopic (exact) mass is 292 g/mol. The quantitative estimate of drug-likeness (QED) is 0.598. The van der Waals surface area contributed by atoms with Crippen molar-refractivity contribution in [1.82, 2.24) is 10.3 Å². The van der Waals surface area contributed by atoms with E-state index in [0.717, 1.165) is 0 Å². The number of aliphatic carboxylic acids is 1. The Kier molecular flexibility index (Phi) is 4.17. The molecule has 21 heavy (non-hydrogen) atoms. The second-order valence-corrected chi connectivity index (χ2v) is 4.24. The first-order chi connectivity index (χ1) is 9.99. The maximum atomic E-state index is 13.7. The number of nitrogens with zero attached hydrogens (tertiary/aromatic N) is 1. The van der Waals surface area contributed by atoms with Gasteiger partial charge in [0.15, 0.2) is 0 Å². The van der Waals surface area contributed by atoms with Gasteiger partial charge < -0.3 is 21.5 Å². The Morgan fingerprint density at radius 3 is 2.76 bits per heavy atom. The third-order valence-corrected chi connectivity index (χ3v) is 2.76. The van der Waals surface area contributed by atoms with E-state index in [1.807, 2.05) is 0 Å². The van der Waals surface area contributed by atoms with Crippen LogP contribution in [-0.2, 0) is 9.59 Å². The number of halogens is 1. The number of anilines is 2. The predicted molar refractivity (Wildman–Crippen MR) is 75.2 cm³/mol. The van der Waals surface area contributed by atoms with Crippen molar-refractivity contribution in [3.8, 4) is 0 Å². The fourth-order valence-corrected chi connectivity index (χ4v) is 1.82. The molecule has 1 heterocycles. The molecule has 8 heteroatoms. The highest BCUT2D eigenvalue weighted by molar-refractivity contribution is 6.01. The molecule has 0 aliphatic carbocycles. The maximum Gasteiger partial charge on any atom is 0.322 e. The van der Waals surface area contributed by atoms with Crippen molar-refractivity contribution in [1.29, 1.82) is 0 Å². The number of fused-ring (bicyclic) bond motifs is 1. The second kappa shape index (κ2) is 6.04. The SMILES string of the molecule is Nc1ccc(F)c2ccnc(NCC(=O)NCC(=O)O)c12. The van der Waals surface area contributed by atoms with Crippen LogP contribution < -0.4 is 16.4 Å². The Morgan fingerprint density at radius 1 is 1.29 bits per heavy atom. The molecule has 0 atom stereocenters. The van der Waals surface area contributed by atoms with Gasteiger partial charge in [-0.05, 0) is 18.2 Å². The molecule has 110 valence electrons. The van der Waals surface area contributed by atoms with Crippen LogP contribution in [0.1, 0.15) is 0 Å². The van der Waals surface area contributed by atoms with Crippen molar-refractivity contribution >= 4 is 34.2 Å². The molecule has 0 saturated heterocycles. The molecule has 2 aromatic rings. The number of hydrogen-bond acceptors (Lipinski definition) is 5. The smallest absolute Gasteiger partial charge is 0.322 e. The topological polar surface area (TPSA) is 117 Å². The van der Waals surface area contributed by atoms with Gasteiger partial charge in [-0.25, -0.2) is 9.37 Å². The van der Waals surface area contributed by atoms with Gasteiger partial charge in [0.25, 0.3) is 0 Å².